The molecule has 0 bridgehead atoms. The van der Waals surface area contributed by atoms with Crippen molar-refractivity contribution in [1.82, 2.24) is 5.32 Å². The Bertz CT molecular complexity index is 731. The third-order valence-electron chi connectivity index (χ3n) is 4.37. The van der Waals surface area contributed by atoms with Crippen LogP contribution in [0.15, 0.2) is 42.5 Å². The van der Waals surface area contributed by atoms with E-state index in [4.69, 9.17) is 0 Å². The SMILES string of the molecule is CC(NCc1ccc(F)c(F)c1)c1ccc(N2CCCC2=O)cc1. The number of nitrogens with one attached hydrogen (secondary N) is 1. The maximum absolute atomic E-state index is 13.2. The van der Waals surface area contributed by atoms with Crippen LogP contribution in [0.4, 0.5) is 14.5 Å². The van der Waals surface area contributed by atoms with Gasteiger partial charge in [0.15, 0.2) is 11.6 Å². The van der Waals surface area contributed by atoms with Crippen LogP contribution in [0.1, 0.15) is 36.9 Å². The minimum atomic E-state index is -0.834. The van der Waals surface area contributed by atoms with Gasteiger partial charge < -0.3 is 10.2 Å². The number of hydrogen-bond acceptors (Lipinski definition) is 2. The highest BCUT2D eigenvalue weighted by Crippen LogP contribution is 2.23. The van der Waals surface area contributed by atoms with Crippen molar-refractivity contribution >= 4 is 11.6 Å². The van der Waals surface area contributed by atoms with Gasteiger partial charge in [-0.1, -0.05) is 18.2 Å². The third kappa shape index (κ3) is 3.62. The maximum atomic E-state index is 13.2. The summed E-state index contributed by atoms with van der Waals surface area (Å²) >= 11 is 0. The number of nitrogens with zero attached hydrogens (tertiary/aromatic N) is 1. The molecule has 1 N–H and O–H groups in total. The standard InChI is InChI=1S/C19H20F2N2O/c1-13(22-12-14-4-9-17(20)18(21)11-14)15-5-7-16(8-6-15)23-10-2-3-19(23)24/h4-9,11,13,22H,2-3,10,12H2,1H3. The fourth-order valence-electron chi connectivity index (χ4n) is 2.90. The monoisotopic (exact) mass is 330 g/mol. The summed E-state index contributed by atoms with van der Waals surface area (Å²) < 4.78 is 26.1. The van der Waals surface area contributed by atoms with E-state index in [9.17, 15) is 13.6 Å². The smallest absolute Gasteiger partial charge is 0.227 e. The molecule has 1 fully saturated rings. The summed E-state index contributed by atoms with van der Waals surface area (Å²) in [5.41, 5.74) is 2.70. The first-order valence-corrected chi connectivity index (χ1v) is 8.12. The molecule has 5 heteroatoms. The van der Waals surface area contributed by atoms with Gasteiger partial charge in [-0.05, 0) is 48.7 Å². The Balaban J connectivity index is 1.61. The van der Waals surface area contributed by atoms with Crippen LogP contribution < -0.4 is 10.2 Å². The van der Waals surface area contributed by atoms with E-state index >= 15 is 0 Å². The minimum Gasteiger partial charge on any atom is -0.312 e. The lowest BCUT2D eigenvalue weighted by molar-refractivity contribution is -0.117. The fraction of sp³-hybridized carbons (Fsp3) is 0.316. The molecular formula is C19H20F2N2O. The number of carbonyl (C=O) groups excluding carboxylic acids is 1. The Morgan fingerprint density at radius 2 is 1.88 bits per heavy atom. The van der Waals surface area contributed by atoms with Crippen molar-refractivity contribution in [3.8, 4) is 0 Å². The second-order valence-corrected chi connectivity index (χ2v) is 6.09. The van der Waals surface area contributed by atoms with Crippen molar-refractivity contribution in [3.63, 3.8) is 0 Å². The molecule has 0 aliphatic carbocycles. The third-order valence-corrected chi connectivity index (χ3v) is 4.37. The predicted molar refractivity (Wildman–Crippen MR) is 89.6 cm³/mol. The van der Waals surface area contributed by atoms with E-state index in [2.05, 4.69) is 5.32 Å². The molecule has 0 aromatic heterocycles. The fourth-order valence-corrected chi connectivity index (χ4v) is 2.90. The van der Waals surface area contributed by atoms with Crippen molar-refractivity contribution in [1.29, 1.82) is 0 Å². The topological polar surface area (TPSA) is 32.3 Å². The van der Waals surface area contributed by atoms with Crippen LogP contribution in [0.5, 0.6) is 0 Å². The number of anilines is 1. The van der Waals surface area contributed by atoms with Crippen LogP contribution in [0, 0.1) is 11.6 Å². The van der Waals surface area contributed by atoms with Gasteiger partial charge in [0.2, 0.25) is 5.91 Å². The molecule has 2 aromatic rings. The van der Waals surface area contributed by atoms with Crippen LogP contribution in [0.3, 0.4) is 0 Å². The number of carbonyl (C=O) groups is 1. The summed E-state index contributed by atoms with van der Waals surface area (Å²) in [6.45, 7) is 3.24. The van der Waals surface area contributed by atoms with E-state index in [0.29, 0.717) is 18.5 Å². The van der Waals surface area contributed by atoms with Gasteiger partial charge in [-0.3, -0.25) is 4.79 Å². The summed E-state index contributed by atoms with van der Waals surface area (Å²) in [4.78, 5) is 13.6. The van der Waals surface area contributed by atoms with Gasteiger partial charge in [-0.25, -0.2) is 8.78 Å². The Hall–Kier alpha value is -2.27. The lowest BCUT2D eigenvalue weighted by atomic mass is 10.1. The van der Waals surface area contributed by atoms with E-state index in [1.54, 1.807) is 6.07 Å². The number of amides is 1. The first-order chi connectivity index (χ1) is 11.5. The van der Waals surface area contributed by atoms with Crippen molar-refractivity contribution < 1.29 is 13.6 Å². The first-order valence-electron chi connectivity index (χ1n) is 8.12. The lowest BCUT2D eigenvalue weighted by Crippen LogP contribution is -2.23. The van der Waals surface area contributed by atoms with Gasteiger partial charge in [0.1, 0.15) is 0 Å². The molecule has 0 radical (unpaired) electrons. The van der Waals surface area contributed by atoms with Gasteiger partial charge in [-0.2, -0.15) is 0 Å². The molecule has 1 unspecified atom stereocenters. The molecule has 0 spiro atoms. The highest BCUT2D eigenvalue weighted by molar-refractivity contribution is 5.95. The Labute approximate surface area is 140 Å². The molecule has 126 valence electrons. The Kier molecular flexibility index (Phi) is 4.90. The number of rotatable bonds is 5. The van der Waals surface area contributed by atoms with Gasteiger partial charge in [0, 0.05) is 31.2 Å². The molecule has 1 amide bonds. The normalized spacial score (nSPS) is 15.8. The zero-order chi connectivity index (χ0) is 17.1. The Morgan fingerprint density at radius 3 is 2.50 bits per heavy atom. The molecule has 0 saturated carbocycles. The molecule has 1 aliphatic rings. The highest BCUT2D eigenvalue weighted by atomic mass is 19.2. The molecule has 2 aromatic carbocycles. The van der Waals surface area contributed by atoms with E-state index in [0.717, 1.165) is 30.3 Å². The van der Waals surface area contributed by atoms with E-state index in [1.807, 2.05) is 36.1 Å². The van der Waals surface area contributed by atoms with Crippen LogP contribution in [0.25, 0.3) is 0 Å². The maximum Gasteiger partial charge on any atom is 0.227 e. The van der Waals surface area contributed by atoms with Gasteiger partial charge in [0.25, 0.3) is 0 Å². The van der Waals surface area contributed by atoms with E-state index < -0.39 is 11.6 Å². The summed E-state index contributed by atoms with van der Waals surface area (Å²) in [6.07, 6.45) is 1.53. The predicted octanol–water partition coefficient (Wildman–Crippen LogP) is 3.94. The van der Waals surface area contributed by atoms with Crippen LogP contribution in [0.2, 0.25) is 0 Å². The largest absolute Gasteiger partial charge is 0.312 e. The minimum absolute atomic E-state index is 0.0569. The molecule has 24 heavy (non-hydrogen) atoms. The van der Waals surface area contributed by atoms with E-state index in [1.165, 1.54) is 6.07 Å². The number of halogens is 2. The van der Waals surface area contributed by atoms with Gasteiger partial charge in [0.05, 0.1) is 0 Å². The first kappa shape index (κ1) is 16.6. The second-order valence-electron chi connectivity index (χ2n) is 6.09. The van der Waals surface area contributed by atoms with Crippen LogP contribution >= 0.6 is 0 Å². The summed E-state index contributed by atoms with van der Waals surface area (Å²) in [5.74, 6) is -1.49. The summed E-state index contributed by atoms with van der Waals surface area (Å²) in [6, 6.07) is 11.9. The van der Waals surface area contributed by atoms with Crippen molar-refractivity contribution in [3.05, 3.63) is 65.2 Å². The molecular weight excluding hydrogens is 310 g/mol. The van der Waals surface area contributed by atoms with Crippen molar-refractivity contribution in [2.45, 2.75) is 32.4 Å². The van der Waals surface area contributed by atoms with Crippen molar-refractivity contribution in [2.24, 2.45) is 0 Å². The van der Waals surface area contributed by atoms with Crippen LogP contribution in [-0.4, -0.2) is 12.5 Å². The van der Waals surface area contributed by atoms with Gasteiger partial charge in [-0.15, -0.1) is 0 Å². The molecule has 3 nitrogen and oxygen atoms in total. The van der Waals surface area contributed by atoms with Gasteiger partial charge >= 0.3 is 0 Å². The lowest BCUT2D eigenvalue weighted by Gasteiger charge is -2.18. The van der Waals surface area contributed by atoms with Crippen molar-refractivity contribution in [2.75, 3.05) is 11.4 Å². The quantitative estimate of drug-likeness (QED) is 0.900. The molecule has 1 heterocycles. The molecule has 3 rings (SSSR count). The summed E-state index contributed by atoms with van der Waals surface area (Å²) in [7, 11) is 0. The number of hydrogen-bond donors (Lipinski definition) is 1. The Morgan fingerprint density at radius 1 is 1.12 bits per heavy atom. The second kappa shape index (κ2) is 7.09. The van der Waals surface area contributed by atoms with E-state index in [-0.39, 0.29) is 11.9 Å². The molecule has 1 saturated heterocycles. The summed E-state index contributed by atoms with van der Waals surface area (Å²) in [5, 5.41) is 3.29. The van der Waals surface area contributed by atoms with Crippen LogP contribution in [-0.2, 0) is 11.3 Å². The molecule has 1 atom stereocenters. The average molecular weight is 330 g/mol. The highest BCUT2D eigenvalue weighted by Gasteiger charge is 2.21. The zero-order valence-electron chi connectivity index (χ0n) is 13.6. The molecule has 1 aliphatic heterocycles. The number of benzene rings is 2. The zero-order valence-corrected chi connectivity index (χ0v) is 13.6. The average Bonchev–Trinajstić information content (AvgIpc) is 3.02.